The maximum Gasteiger partial charge on any atom is 0.416 e. The van der Waals surface area contributed by atoms with Gasteiger partial charge in [0, 0.05) is 55.2 Å². The van der Waals surface area contributed by atoms with E-state index in [1.165, 1.54) is 6.07 Å². The van der Waals surface area contributed by atoms with Gasteiger partial charge in [-0.25, -0.2) is 0 Å². The minimum atomic E-state index is -4.60. The molecule has 0 aliphatic carbocycles. The van der Waals surface area contributed by atoms with Crippen LogP contribution in [0, 0.1) is 12.8 Å². The number of anilines is 2. The molecule has 2 heterocycles. The molecule has 0 spiro atoms. The first-order valence-corrected chi connectivity index (χ1v) is 10.1. The molecular weight excluding hydrogens is 593 g/mol. The van der Waals surface area contributed by atoms with Crippen molar-refractivity contribution in [2.24, 2.45) is 5.92 Å². The summed E-state index contributed by atoms with van der Waals surface area (Å²) in [7, 11) is -2.79. The van der Waals surface area contributed by atoms with Gasteiger partial charge in [-0.15, -0.1) is 10.2 Å². The number of benzene rings is 1. The zero-order valence-corrected chi connectivity index (χ0v) is 19.7. The first-order chi connectivity index (χ1) is 13.6. The molecule has 1 aromatic heterocycles. The van der Waals surface area contributed by atoms with Crippen molar-refractivity contribution < 1.29 is 42.0 Å². The second-order valence-electron chi connectivity index (χ2n) is 7.08. The molecule has 3 N–H and O–H groups in total. The van der Waals surface area contributed by atoms with Crippen LogP contribution in [0.5, 0.6) is 0 Å². The molecule has 0 saturated carbocycles. The van der Waals surface area contributed by atoms with Crippen molar-refractivity contribution >= 4 is 22.4 Å². The van der Waals surface area contributed by atoms with E-state index in [4.69, 9.17) is 0 Å². The molecular formula is C18H21F3N5O2ReS-. The van der Waals surface area contributed by atoms with Crippen LogP contribution < -0.4 is 15.4 Å². The average Bonchev–Trinajstić information content (AvgIpc) is 2.64. The zero-order valence-electron chi connectivity index (χ0n) is 16.2. The number of hydrogen-bond donors (Lipinski definition) is 3. The molecule has 2 atom stereocenters. The number of nitrogens with one attached hydrogen (secondary N) is 3. The molecule has 0 unspecified atom stereocenters. The minimum Gasteiger partial charge on any atom is -0.419 e. The molecule has 165 valence electrons. The number of rotatable bonds is 5. The van der Waals surface area contributed by atoms with Gasteiger partial charge in [-0.1, -0.05) is 13.0 Å². The van der Waals surface area contributed by atoms with Crippen LogP contribution >= 0.6 is 0 Å². The average molecular weight is 615 g/mol. The Hall–Kier alpha value is -1.74. The van der Waals surface area contributed by atoms with E-state index in [1.54, 1.807) is 6.07 Å². The SMILES string of the molecule is Cc1cc(-c2ccc(C(F)(F)F)cc2N[S-](=O)=O)nnc1N[C@H]1CNCC[C@@H]1C.[Re]. The summed E-state index contributed by atoms with van der Waals surface area (Å²) < 4.78 is 63.1. The van der Waals surface area contributed by atoms with E-state index < -0.39 is 22.6 Å². The summed E-state index contributed by atoms with van der Waals surface area (Å²) in [6, 6.07) is 4.66. The third kappa shape index (κ3) is 5.91. The molecule has 7 nitrogen and oxygen atoms in total. The molecule has 3 rings (SSSR count). The normalized spacial score (nSPS) is 19.3. The maximum atomic E-state index is 13.0. The van der Waals surface area contributed by atoms with Crippen LogP contribution in [0.3, 0.4) is 0 Å². The van der Waals surface area contributed by atoms with Crippen LogP contribution in [-0.2, 0) is 45.9 Å². The Labute approximate surface area is 188 Å². The Morgan fingerprint density at radius 2 is 1.93 bits per heavy atom. The summed E-state index contributed by atoms with van der Waals surface area (Å²) in [6.45, 7) is 5.73. The van der Waals surface area contributed by atoms with E-state index >= 15 is 0 Å². The molecule has 0 bridgehead atoms. The molecule has 1 fully saturated rings. The molecule has 1 aromatic carbocycles. The largest absolute Gasteiger partial charge is 0.419 e. The zero-order chi connectivity index (χ0) is 21.2. The topological polar surface area (TPSA) is 96.0 Å². The molecule has 1 aliphatic heterocycles. The van der Waals surface area contributed by atoms with Gasteiger partial charge in [0.2, 0.25) is 0 Å². The number of piperidine rings is 1. The van der Waals surface area contributed by atoms with Crippen LogP contribution in [0.1, 0.15) is 24.5 Å². The summed E-state index contributed by atoms with van der Waals surface area (Å²) in [6.07, 6.45) is -3.56. The summed E-state index contributed by atoms with van der Waals surface area (Å²) in [5.74, 6) is 1.04. The third-order valence-electron chi connectivity index (χ3n) is 4.95. The van der Waals surface area contributed by atoms with Crippen LogP contribution in [0.25, 0.3) is 11.3 Å². The van der Waals surface area contributed by atoms with Crippen molar-refractivity contribution in [3.8, 4) is 11.3 Å². The first-order valence-electron chi connectivity index (χ1n) is 9.04. The second kappa shape index (κ2) is 10.0. The van der Waals surface area contributed by atoms with Gasteiger partial charge in [-0.05, 0) is 49.6 Å². The van der Waals surface area contributed by atoms with Crippen molar-refractivity contribution in [1.82, 2.24) is 15.5 Å². The van der Waals surface area contributed by atoms with Gasteiger partial charge in [0.1, 0.15) is 0 Å². The number of alkyl halides is 3. The Balaban J connectivity index is 0.00000320. The Kier molecular flexibility index (Phi) is 8.21. The minimum absolute atomic E-state index is 0. The maximum absolute atomic E-state index is 13.0. The van der Waals surface area contributed by atoms with Gasteiger partial charge < -0.3 is 23.8 Å². The molecule has 1 saturated heterocycles. The van der Waals surface area contributed by atoms with Crippen LogP contribution in [0.4, 0.5) is 24.7 Å². The quantitative estimate of drug-likeness (QED) is 0.447. The third-order valence-corrected chi connectivity index (χ3v) is 5.34. The molecule has 0 amide bonds. The van der Waals surface area contributed by atoms with Gasteiger partial charge in [-0.2, -0.15) is 13.2 Å². The summed E-state index contributed by atoms with van der Waals surface area (Å²) in [5, 5.41) is 15.0. The number of aryl methyl sites for hydroxylation is 1. The Morgan fingerprint density at radius 1 is 1.20 bits per heavy atom. The fourth-order valence-electron chi connectivity index (χ4n) is 3.24. The van der Waals surface area contributed by atoms with E-state index in [0.717, 1.165) is 37.2 Å². The van der Waals surface area contributed by atoms with Gasteiger partial charge in [0.15, 0.2) is 5.82 Å². The Bertz CT molecular complexity index is 963. The van der Waals surface area contributed by atoms with Gasteiger partial charge >= 0.3 is 6.18 Å². The van der Waals surface area contributed by atoms with Gasteiger partial charge in [0.05, 0.1) is 11.3 Å². The number of halogens is 3. The molecule has 1 aliphatic rings. The fourth-order valence-corrected chi connectivity index (χ4v) is 3.58. The second-order valence-corrected chi connectivity index (χ2v) is 7.75. The van der Waals surface area contributed by atoms with E-state index in [2.05, 4.69) is 27.8 Å². The Morgan fingerprint density at radius 3 is 2.53 bits per heavy atom. The monoisotopic (exact) mass is 615 g/mol. The standard InChI is InChI=1S/C18H21F3N5O2S.Re/c1-10-5-6-22-9-16(10)23-17-11(2)7-14(24-25-17)13-4-3-12(18(19,20)21)8-15(13)26-29(27)28;/h3-4,7-8,10,16,22H,5-6,9H2,1-2H3,(H,23,25)(H,26,27,28);/q-1;/t10-,16-;/m0./s1. The van der Waals surface area contributed by atoms with Crippen LogP contribution in [0.2, 0.25) is 0 Å². The summed E-state index contributed by atoms with van der Waals surface area (Å²) in [4.78, 5) is 0. The first kappa shape index (κ1) is 24.5. The van der Waals surface area contributed by atoms with Crippen LogP contribution in [-0.4, -0.2) is 29.3 Å². The van der Waals surface area contributed by atoms with E-state index in [-0.39, 0.29) is 43.4 Å². The van der Waals surface area contributed by atoms with Crippen molar-refractivity contribution in [3.63, 3.8) is 0 Å². The van der Waals surface area contributed by atoms with Crippen molar-refractivity contribution in [1.29, 1.82) is 0 Å². The number of hydrogen-bond acceptors (Lipinski definition) is 7. The molecule has 12 heteroatoms. The van der Waals surface area contributed by atoms with E-state index in [1.807, 2.05) is 11.6 Å². The predicted octanol–water partition coefficient (Wildman–Crippen LogP) is 3.51. The van der Waals surface area contributed by atoms with Crippen molar-refractivity contribution in [2.45, 2.75) is 32.5 Å². The fraction of sp³-hybridized carbons (Fsp3) is 0.444. The van der Waals surface area contributed by atoms with Crippen molar-refractivity contribution in [3.05, 3.63) is 35.4 Å². The summed E-state index contributed by atoms with van der Waals surface area (Å²) >= 11 is 0. The van der Waals surface area contributed by atoms with E-state index in [0.29, 0.717) is 11.7 Å². The van der Waals surface area contributed by atoms with Crippen LogP contribution in [0.15, 0.2) is 24.3 Å². The predicted molar refractivity (Wildman–Crippen MR) is 104 cm³/mol. The van der Waals surface area contributed by atoms with E-state index in [9.17, 15) is 21.6 Å². The van der Waals surface area contributed by atoms with Gasteiger partial charge in [-0.3, -0.25) is 0 Å². The molecule has 2 aromatic rings. The number of aromatic nitrogens is 2. The smallest absolute Gasteiger partial charge is 0.416 e. The van der Waals surface area contributed by atoms with Gasteiger partial charge in [0.25, 0.3) is 0 Å². The summed E-state index contributed by atoms with van der Waals surface area (Å²) in [5.41, 5.74) is 0.0482. The number of nitrogens with zero attached hydrogens (tertiary/aromatic N) is 2. The van der Waals surface area contributed by atoms with Crippen molar-refractivity contribution in [2.75, 3.05) is 23.1 Å². The molecule has 30 heavy (non-hydrogen) atoms. The molecule has 1 radical (unpaired) electrons.